The number of alkyl halides is 3. The lowest BCUT2D eigenvalue weighted by Gasteiger charge is -2.33. The molecule has 1 aromatic carbocycles. The molecule has 1 saturated heterocycles. The normalized spacial score (nSPS) is 21.6. The van der Waals surface area contributed by atoms with Gasteiger partial charge in [-0.25, -0.2) is 4.79 Å². The maximum Gasteiger partial charge on any atom is 0.395 e. The predicted molar refractivity (Wildman–Crippen MR) is 91.6 cm³/mol. The second kappa shape index (κ2) is 8.42. The van der Waals surface area contributed by atoms with Crippen molar-refractivity contribution < 1.29 is 22.8 Å². The third-order valence-electron chi connectivity index (χ3n) is 4.66. The summed E-state index contributed by atoms with van der Waals surface area (Å²) in [5.41, 5.74) is -0.0586. The Kier molecular flexibility index (Phi) is 6.50. The number of amides is 3. The van der Waals surface area contributed by atoms with Gasteiger partial charge in [0.2, 0.25) is 5.91 Å². The van der Waals surface area contributed by atoms with Crippen LogP contribution in [0, 0.1) is 5.41 Å². The van der Waals surface area contributed by atoms with Crippen molar-refractivity contribution in [2.45, 2.75) is 38.3 Å². The van der Waals surface area contributed by atoms with E-state index in [0.717, 1.165) is 0 Å². The van der Waals surface area contributed by atoms with Crippen molar-refractivity contribution in [2.75, 3.05) is 19.6 Å². The SMILES string of the molecule is CC1(CNC(=O)NCCC(c2ccccc2)C(F)(F)F)CCC(=O)NC1. The number of halogens is 3. The summed E-state index contributed by atoms with van der Waals surface area (Å²) in [6.07, 6.45) is -3.53. The lowest BCUT2D eigenvalue weighted by atomic mass is 9.82. The van der Waals surface area contributed by atoms with E-state index in [1.54, 1.807) is 18.2 Å². The fraction of sp³-hybridized carbons (Fsp3) is 0.556. The van der Waals surface area contributed by atoms with Gasteiger partial charge in [0.15, 0.2) is 0 Å². The van der Waals surface area contributed by atoms with Gasteiger partial charge in [-0.15, -0.1) is 0 Å². The fourth-order valence-electron chi connectivity index (χ4n) is 2.95. The number of carbonyl (C=O) groups is 2. The molecule has 0 radical (unpaired) electrons. The van der Waals surface area contributed by atoms with E-state index in [0.29, 0.717) is 25.9 Å². The van der Waals surface area contributed by atoms with E-state index in [2.05, 4.69) is 16.0 Å². The Morgan fingerprint density at radius 2 is 1.96 bits per heavy atom. The minimum absolute atomic E-state index is 0.00830. The highest BCUT2D eigenvalue weighted by Gasteiger charge is 2.40. The molecule has 1 heterocycles. The van der Waals surface area contributed by atoms with Gasteiger partial charge in [0.1, 0.15) is 0 Å². The number of piperidine rings is 1. The van der Waals surface area contributed by atoms with E-state index in [4.69, 9.17) is 0 Å². The Hall–Kier alpha value is -2.25. The van der Waals surface area contributed by atoms with Crippen LogP contribution in [0.3, 0.4) is 0 Å². The van der Waals surface area contributed by atoms with Crippen LogP contribution in [0.1, 0.15) is 37.7 Å². The van der Waals surface area contributed by atoms with Crippen LogP contribution >= 0.6 is 0 Å². The first-order valence-corrected chi connectivity index (χ1v) is 8.60. The highest BCUT2D eigenvalue weighted by molar-refractivity contribution is 5.77. The van der Waals surface area contributed by atoms with Crippen LogP contribution < -0.4 is 16.0 Å². The molecule has 1 fully saturated rings. The molecule has 2 rings (SSSR count). The Bertz CT molecular complexity index is 610. The van der Waals surface area contributed by atoms with E-state index < -0.39 is 18.1 Å². The van der Waals surface area contributed by atoms with Gasteiger partial charge in [-0.2, -0.15) is 13.2 Å². The van der Waals surface area contributed by atoms with Gasteiger partial charge in [0, 0.05) is 31.5 Å². The van der Waals surface area contributed by atoms with Crippen molar-refractivity contribution in [3.63, 3.8) is 0 Å². The first-order valence-electron chi connectivity index (χ1n) is 8.60. The second-order valence-corrected chi connectivity index (χ2v) is 6.99. The van der Waals surface area contributed by atoms with Crippen molar-refractivity contribution in [3.05, 3.63) is 35.9 Å². The third-order valence-corrected chi connectivity index (χ3v) is 4.66. The highest BCUT2D eigenvalue weighted by atomic mass is 19.4. The highest BCUT2D eigenvalue weighted by Crippen LogP contribution is 2.36. The number of rotatable bonds is 6. The molecule has 3 N–H and O–H groups in total. The average Bonchev–Trinajstić information content (AvgIpc) is 2.59. The topological polar surface area (TPSA) is 70.2 Å². The van der Waals surface area contributed by atoms with Crippen molar-refractivity contribution in [3.8, 4) is 0 Å². The zero-order chi connectivity index (χ0) is 19.2. The van der Waals surface area contributed by atoms with Gasteiger partial charge in [-0.3, -0.25) is 4.79 Å². The molecule has 1 aliphatic heterocycles. The Labute approximate surface area is 150 Å². The molecule has 2 unspecified atom stereocenters. The number of urea groups is 1. The first-order chi connectivity index (χ1) is 12.2. The van der Waals surface area contributed by atoms with Crippen LogP contribution in [0.5, 0.6) is 0 Å². The summed E-state index contributed by atoms with van der Waals surface area (Å²) in [5, 5.41) is 7.91. The summed E-state index contributed by atoms with van der Waals surface area (Å²) >= 11 is 0. The second-order valence-electron chi connectivity index (χ2n) is 6.99. The quantitative estimate of drug-likeness (QED) is 0.720. The summed E-state index contributed by atoms with van der Waals surface area (Å²) in [6.45, 7) is 2.68. The molecule has 3 amide bonds. The largest absolute Gasteiger partial charge is 0.395 e. The number of benzene rings is 1. The fourth-order valence-corrected chi connectivity index (χ4v) is 2.95. The third kappa shape index (κ3) is 5.93. The number of hydrogen-bond donors (Lipinski definition) is 3. The molecule has 26 heavy (non-hydrogen) atoms. The summed E-state index contributed by atoms with van der Waals surface area (Å²) in [7, 11) is 0. The Morgan fingerprint density at radius 1 is 1.27 bits per heavy atom. The minimum Gasteiger partial charge on any atom is -0.355 e. The molecule has 0 aliphatic carbocycles. The maximum absolute atomic E-state index is 13.2. The van der Waals surface area contributed by atoms with Crippen LogP contribution in [-0.4, -0.2) is 37.7 Å². The van der Waals surface area contributed by atoms with E-state index >= 15 is 0 Å². The molecule has 0 saturated carbocycles. The lowest BCUT2D eigenvalue weighted by Crippen LogP contribution is -2.49. The predicted octanol–water partition coefficient (Wildman–Crippen LogP) is 2.94. The molecule has 1 aliphatic rings. The van der Waals surface area contributed by atoms with E-state index in [1.807, 2.05) is 6.92 Å². The zero-order valence-corrected chi connectivity index (χ0v) is 14.7. The number of nitrogens with one attached hydrogen (secondary N) is 3. The maximum atomic E-state index is 13.2. The van der Waals surface area contributed by atoms with Crippen LogP contribution in [0.15, 0.2) is 30.3 Å². The first kappa shape index (κ1) is 20.1. The Morgan fingerprint density at radius 3 is 2.54 bits per heavy atom. The molecule has 2 atom stereocenters. The van der Waals surface area contributed by atoms with Gasteiger partial charge < -0.3 is 16.0 Å². The van der Waals surface area contributed by atoms with Gasteiger partial charge in [0.25, 0.3) is 0 Å². The van der Waals surface area contributed by atoms with Crippen molar-refractivity contribution in [1.29, 1.82) is 0 Å². The minimum atomic E-state index is -4.37. The molecular formula is C18H24F3N3O2. The van der Waals surface area contributed by atoms with E-state index in [9.17, 15) is 22.8 Å². The molecular weight excluding hydrogens is 347 g/mol. The molecule has 144 valence electrons. The molecule has 0 bridgehead atoms. The van der Waals surface area contributed by atoms with E-state index in [-0.39, 0.29) is 29.9 Å². The van der Waals surface area contributed by atoms with Crippen LogP contribution in [0.2, 0.25) is 0 Å². The molecule has 0 spiro atoms. The lowest BCUT2D eigenvalue weighted by molar-refractivity contribution is -0.151. The Balaban J connectivity index is 1.78. The zero-order valence-electron chi connectivity index (χ0n) is 14.7. The summed E-state index contributed by atoms with van der Waals surface area (Å²) in [5.74, 6) is -1.62. The van der Waals surface area contributed by atoms with Gasteiger partial charge in [0.05, 0.1) is 5.92 Å². The molecule has 8 heteroatoms. The van der Waals surface area contributed by atoms with Crippen LogP contribution in [0.25, 0.3) is 0 Å². The van der Waals surface area contributed by atoms with Crippen molar-refractivity contribution >= 4 is 11.9 Å². The monoisotopic (exact) mass is 371 g/mol. The smallest absolute Gasteiger partial charge is 0.355 e. The van der Waals surface area contributed by atoms with Crippen LogP contribution in [0.4, 0.5) is 18.0 Å². The number of carbonyl (C=O) groups excluding carboxylic acids is 2. The molecule has 0 aromatic heterocycles. The van der Waals surface area contributed by atoms with Crippen molar-refractivity contribution in [2.24, 2.45) is 5.41 Å². The number of hydrogen-bond acceptors (Lipinski definition) is 2. The summed E-state index contributed by atoms with van der Waals surface area (Å²) < 4.78 is 39.7. The van der Waals surface area contributed by atoms with Gasteiger partial charge >= 0.3 is 12.2 Å². The van der Waals surface area contributed by atoms with Gasteiger partial charge in [-0.1, -0.05) is 37.3 Å². The van der Waals surface area contributed by atoms with Gasteiger partial charge in [-0.05, 0) is 18.4 Å². The average molecular weight is 371 g/mol. The standard InChI is InChI=1S/C18H24F3N3O2/c1-17(9-7-15(25)23-11-17)12-24-16(26)22-10-8-14(18(19,20)21)13-5-3-2-4-6-13/h2-6,14H,7-12H2,1H3,(H,23,25)(H2,22,24,26). The summed E-state index contributed by atoms with van der Waals surface area (Å²) in [4.78, 5) is 23.1. The molecule has 5 nitrogen and oxygen atoms in total. The summed E-state index contributed by atoms with van der Waals surface area (Å²) in [6, 6.07) is 7.18. The molecule has 1 aromatic rings. The van der Waals surface area contributed by atoms with E-state index in [1.165, 1.54) is 12.1 Å². The van der Waals surface area contributed by atoms with Crippen LogP contribution in [-0.2, 0) is 4.79 Å². The van der Waals surface area contributed by atoms with Crippen molar-refractivity contribution in [1.82, 2.24) is 16.0 Å².